The van der Waals surface area contributed by atoms with Crippen molar-refractivity contribution in [3.8, 4) is 11.5 Å². The fourth-order valence-corrected chi connectivity index (χ4v) is 3.12. The van der Waals surface area contributed by atoms with E-state index in [0.29, 0.717) is 24.3 Å². The van der Waals surface area contributed by atoms with Gasteiger partial charge in [-0.2, -0.15) is 0 Å². The van der Waals surface area contributed by atoms with E-state index in [1.807, 2.05) is 60.7 Å². The zero-order chi connectivity index (χ0) is 19.9. The highest BCUT2D eigenvalue weighted by molar-refractivity contribution is 5.32. The van der Waals surface area contributed by atoms with Gasteiger partial charge in [-0.25, -0.2) is 0 Å². The van der Waals surface area contributed by atoms with Crippen molar-refractivity contribution in [1.29, 1.82) is 0 Å². The standard InChI is InChI=1S/C23H25NO4/c1-27-20-7-3-5-17(13-20)22(25)12-16-9-10-24-19(11-16)15-23(26)18-6-4-8-21(14-18)28-2/h3-11,13-14,22-23,25-26H,12,15H2,1-2H3/t22-,23+/m1/s1. The molecule has 2 N–H and O–H groups in total. The van der Waals surface area contributed by atoms with Crippen molar-refractivity contribution in [1.82, 2.24) is 4.98 Å². The van der Waals surface area contributed by atoms with Crippen LogP contribution in [-0.2, 0) is 12.8 Å². The lowest BCUT2D eigenvalue weighted by atomic mass is 9.99. The van der Waals surface area contributed by atoms with E-state index in [9.17, 15) is 10.2 Å². The zero-order valence-electron chi connectivity index (χ0n) is 16.1. The second-order valence-corrected chi connectivity index (χ2v) is 6.65. The van der Waals surface area contributed by atoms with Crippen LogP contribution >= 0.6 is 0 Å². The quantitative estimate of drug-likeness (QED) is 0.625. The first-order valence-corrected chi connectivity index (χ1v) is 9.17. The second kappa shape index (κ2) is 9.35. The molecule has 5 heteroatoms. The molecule has 0 saturated carbocycles. The molecular formula is C23H25NO4. The first-order chi connectivity index (χ1) is 13.6. The Morgan fingerprint density at radius 3 is 1.93 bits per heavy atom. The smallest absolute Gasteiger partial charge is 0.119 e. The second-order valence-electron chi connectivity index (χ2n) is 6.65. The van der Waals surface area contributed by atoms with Crippen molar-refractivity contribution < 1.29 is 19.7 Å². The third kappa shape index (κ3) is 5.09. The molecule has 1 aromatic heterocycles. The van der Waals surface area contributed by atoms with Gasteiger partial charge < -0.3 is 19.7 Å². The predicted octanol–water partition coefficient (Wildman–Crippen LogP) is 3.65. The highest BCUT2D eigenvalue weighted by Gasteiger charge is 2.13. The van der Waals surface area contributed by atoms with Crippen LogP contribution in [0.1, 0.15) is 34.6 Å². The van der Waals surface area contributed by atoms with Crippen molar-refractivity contribution in [2.75, 3.05) is 14.2 Å². The molecule has 0 saturated heterocycles. The number of aromatic nitrogens is 1. The summed E-state index contributed by atoms with van der Waals surface area (Å²) in [6, 6.07) is 18.6. The third-order valence-corrected chi connectivity index (χ3v) is 4.67. The van der Waals surface area contributed by atoms with Crippen molar-refractivity contribution in [3.63, 3.8) is 0 Å². The first-order valence-electron chi connectivity index (χ1n) is 9.17. The van der Waals surface area contributed by atoms with E-state index in [4.69, 9.17) is 9.47 Å². The van der Waals surface area contributed by atoms with Gasteiger partial charge in [-0.15, -0.1) is 0 Å². The lowest BCUT2D eigenvalue weighted by molar-refractivity contribution is 0.175. The van der Waals surface area contributed by atoms with Crippen LogP contribution in [0, 0.1) is 0 Å². The summed E-state index contributed by atoms with van der Waals surface area (Å²) in [5, 5.41) is 21.1. The average Bonchev–Trinajstić information content (AvgIpc) is 2.74. The predicted molar refractivity (Wildman–Crippen MR) is 108 cm³/mol. The Morgan fingerprint density at radius 2 is 1.36 bits per heavy atom. The summed E-state index contributed by atoms with van der Waals surface area (Å²) in [4.78, 5) is 4.36. The van der Waals surface area contributed by atoms with Crippen LogP contribution in [0.5, 0.6) is 11.5 Å². The van der Waals surface area contributed by atoms with Crippen LogP contribution in [0.2, 0.25) is 0 Å². The molecule has 3 aromatic rings. The van der Waals surface area contributed by atoms with E-state index in [0.717, 1.165) is 22.4 Å². The monoisotopic (exact) mass is 379 g/mol. The number of benzene rings is 2. The summed E-state index contributed by atoms with van der Waals surface area (Å²) in [7, 11) is 3.21. The van der Waals surface area contributed by atoms with Gasteiger partial charge in [-0.3, -0.25) is 4.98 Å². The van der Waals surface area contributed by atoms with Crippen molar-refractivity contribution in [3.05, 3.63) is 89.2 Å². The number of aliphatic hydroxyl groups excluding tert-OH is 2. The van der Waals surface area contributed by atoms with E-state index < -0.39 is 12.2 Å². The van der Waals surface area contributed by atoms with Gasteiger partial charge in [0.2, 0.25) is 0 Å². The molecule has 2 atom stereocenters. The SMILES string of the molecule is COc1cccc([C@H](O)Cc2ccnc(C[C@H](O)c3cccc(OC)c3)c2)c1. The van der Waals surface area contributed by atoms with Gasteiger partial charge in [-0.05, 0) is 53.1 Å². The van der Waals surface area contributed by atoms with Crippen LogP contribution in [0.3, 0.4) is 0 Å². The molecule has 146 valence electrons. The summed E-state index contributed by atoms with van der Waals surface area (Å²) in [6.45, 7) is 0. The van der Waals surface area contributed by atoms with Crippen LogP contribution in [0.4, 0.5) is 0 Å². The van der Waals surface area contributed by atoms with E-state index >= 15 is 0 Å². The van der Waals surface area contributed by atoms with Gasteiger partial charge in [0.15, 0.2) is 0 Å². The molecule has 3 rings (SSSR count). The Bertz CT molecular complexity index is 842. The van der Waals surface area contributed by atoms with Crippen molar-refractivity contribution in [2.45, 2.75) is 25.0 Å². The van der Waals surface area contributed by atoms with Crippen molar-refractivity contribution >= 4 is 0 Å². The number of hydrogen-bond acceptors (Lipinski definition) is 5. The zero-order valence-corrected chi connectivity index (χ0v) is 16.1. The molecule has 0 spiro atoms. The first kappa shape index (κ1) is 19.9. The molecule has 1 heterocycles. The minimum absolute atomic E-state index is 0.385. The fourth-order valence-electron chi connectivity index (χ4n) is 3.12. The van der Waals surface area contributed by atoms with Crippen LogP contribution in [0.15, 0.2) is 66.9 Å². The number of methoxy groups -OCH3 is 2. The normalized spacial score (nSPS) is 13.0. The Balaban J connectivity index is 1.69. The maximum absolute atomic E-state index is 10.6. The van der Waals surface area contributed by atoms with E-state index in [2.05, 4.69) is 4.98 Å². The Hall–Kier alpha value is -2.89. The van der Waals surface area contributed by atoms with Crippen LogP contribution < -0.4 is 9.47 Å². The van der Waals surface area contributed by atoms with Crippen LogP contribution in [-0.4, -0.2) is 29.4 Å². The summed E-state index contributed by atoms with van der Waals surface area (Å²) >= 11 is 0. The maximum atomic E-state index is 10.6. The molecule has 28 heavy (non-hydrogen) atoms. The number of rotatable bonds is 8. The Kier molecular flexibility index (Phi) is 6.63. The molecule has 0 amide bonds. The lowest BCUT2D eigenvalue weighted by Gasteiger charge is -2.14. The van der Waals surface area contributed by atoms with Gasteiger partial charge in [0.1, 0.15) is 11.5 Å². The van der Waals surface area contributed by atoms with Crippen LogP contribution in [0.25, 0.3) is 0 Å². The number of aliphatic hydroxyl groups is 2. The maximum Gasteiger partial charge on any atom is 0.119 e. The minimum atomic E-state index is -0.679. The molecule has 0 unspecified atom stereocenters. The Labute approximate surface area is 165 Å². The molecule has 0 radical (unpaired) electrons. The Morgan fingerprint density at radius 1 is 0.786 bits per heavy atom. The van der Waals surface area contributed by atoms with Gasteiger partial charge in [-0.1, -0.05) is 24.3 Å². The number of hydrogen-bond donors (Lipinski definition) is 2. The van der Waals surface area contributed by atoms with E-state index in [1.54, 1.807) is 20.4 Å². The highest BCUT2D eigenvalue weighted by Crippen LogP contribution is 2.24. The topological polar surface area (TPSA) is 71.8 Å². The third-order valence-electron chi connectivity index (χ3n) is 4.67. The summed E-state index contributed by atoms with van der Waals surface area (Å²) < 4.78 is 10.4. The number of nitrogens with zero attached hydrogens (tertiary/aromatic N) is 1. The van der Waals surface area contributed by atoms with Crippen molar-refractivity contribution in [2.24, 2.45) is 0 Å². The highest BCUT2D eigenvalue weighted by atomic mass is 16.5. The van der Waals surface area contributed by atoms with Gasteiger partial charge in [0, 0.05) is 24.7 Å². The number of pyridine rings is 1. The largest absolute Gasteiger partial charge is 0.497 e. The van der Waals surface area contributed by atoms with E-state index in [-0.39, 0.29) is 0 Å². The summed E-state index contributed by atoms with van der Waals surface area (Å²) in [5.41, 5.74) is 3.31. The summed E-state index contributed by atoms with van der Waals surface area (Å²) in [5.74, 6) is 1.42. The van der Waals surface area contributed by atoms with Gasteiger partial charge in [0.25, 0.3) is 0 Å². The molecule has 0 bridgehead atoms. The van der Waals surface area contributed by atoms with Gasteiger partial charge in [0.05, 0.1) is 26.4 Å². The lowest BCUT2D eigenvalue weighted by Crippen LogP contribution is -2.06. The summed E-state index contributed by atoms with van der Waals surface area (Å²) in [6.07, 6.45) is 1.23. The molecule has 2 aromatic carbocycles. The van der Waals surface area contributed by atoms with Gasteiger partial charge >= 0.3 is 0 Å². The minimum Gasteiger partial charge on any atom is -0.497 e. The molecule has 0 aliphatic heterocycles. The fraction of sp³-hybridized carbons (Fsp3) is 0.261. The molecule has 0 aliphatic rings. The average molecular weight is 379 g/mol. The molecule has 0 aliphatic carbocycles. The number of ether oxygens (including phenoxy) is 2. The molecule has 5 nitrogen and oxygen atoms in total. The molecular weight excluding hydrogens is 354 g/mol. The molecule has 0 fully saturated rings. The van der Waals surface area contributed by atoms with E-state index in [1.165, 1.54) is 0 Å².